The molecule has 0 radical (unpaired) electrons. The summed E-state index contributed by atoms with van der Waals surface area (Å²) in [6.45, 7) is 0. The molecule has 23 heavy (non-hydrogen) atoms. The van der Waals surface area contributed by atoms with Gasteiger partial charge in [-0.15, -0.1) is 11.8 Å². The van der Waals surface area contributed by atoms with Crippen LogP contribution in [0, 0.1) is 0 Å². The highest BCUT2D eigenvalue weighted by Crippen LogP contribution is 2.30. The molecule has 114 valence electrons. The van der Waals surface area contributed by atoms with Crippen LogP contribution in [0.4, 0.5) is 11.4 Å². The highest BCUT2D eigenvalue weighted by atomic mass is 32.2. The van der Waals surface area contributed by atoms with Gasteiger partial charge in [-0.3, -0.25) is 4.79 Å². The number of aliphatic imine (C=N–C) groups is 1. The summed E-state index contributed by atoms with van der Waals surface area (Å²) in [5, 5.41) is 3.89. The van der Waals surface area contributed by atoms with Gasteiger partial charge in [0.15, 0.2) is 0 Å². The van der Waals surface area contributed by atoms with Crippen molar-refractivity contribution in [3.63, 3.8) is 0 Å². The van der Waals surface area contributed by atoms with Crippen LogP contribution in [0.3, 0.4) is 0 Å². The molecule has 0 bridgehead atoms. The standard InChI is InChI=1S/C16H12N4OS2/c21-14(17-12-6-3-7-13-16(12)20-23-19-13)9-22-15-8-10-4-1-2-5-11(10)18-15/h1-7H,8-9H2,(H,17,21). The lowest BCUT2D eigenvalue weighted by molar-refractivity contribution is -0.113. The number of carbonyl (C=O) groups excluding carboxylic acids is 1. The molecule has 4 rings (SSSR count). The molecule has 0 fully saturated rings. The Hall–Kier alpha value is -2.25. The fraction of sp³-hybridized carbons (Fsp3) is 0.125. The van der Waals surface area contributed by atoms with Gasteiger partial charge in [-0.05, 0) is 23.8 Å². The highest BCUT2D eigenvalue weighted by Gasteiger charge is 2.16. The zero-order valence-electron chi connectivity index (χ0n) is 12.0. The molecule has 1 N–H and O–H groups in total. The lowest BCUT2D eigenvalue weighted by Gasteiger charge is -2.05. The number of nitrogens with zero attached hydrogens (tertiary/aromatic N) is 3. The minimum atomic E-state index is -0.0610. The van der Waals surface area contributed by atoms with Gasteiger partial charge in [0.05, 0.1) is 33.9 Å². The van der Waals surface area contributed by atoms with Crippen molar-refractivity contribution in [1.82, 2.24) is 8.75 Å². The second-order valence-corrected chi connectivity index (χ2v) is 6.66. The quantitative estimate of drug-likeness (QED) is 0.790. The fourth-order valence-electron chi connectivity index (χ4n) is 2.43. The first-order valence-corrected chi connectivity index (χ1v) is 8.80. The maximum atomic E-state index is 12.2. The lowest BCUT2D eigenvalue weighted by Crippen LogP contribution is -2.15. The predicted octanol–water partition coefficient (Wildman–Crippen LogP) is 3.65. The number of anilines is 1. The number of nitrogens with one attached hydrogen (secondary N) is 1. The summed E-state index contributed by atoms with van der Waals surface area (Å²) in [7, 11) is 0. The fourth-order valence-corrected chi connectivity index (χ4v) is 3.77. The number of rotatable bonds is 3. The van der Waals surface area contributed by atoms with E-state index in [0.29, 0.717) is 11.4 Å². The van der Waals surface area contributed by atoms with Gasteiger partial charge in [0, 0.05) is 6.42 Å². The Morgan fingerprint density at radius 1 is 1.17 bits per heavy atom. The van der Waals surface area contributed by atoms with Gasteiger partial charge in [-0.25, -0.2) is 4.99 Å². The summed E-state index contributed by atoms with van der Waals surface area (Å²) >= 11 is 2.63. The van der Waals surface area contributed by atoms with Gasteiger partial charge in [0.2, 0.25) is 5.91 Å². The second kappa shape index (κ2) is 6.10. The number of thioether (sulfide) groups is 1. The van der Waals surface area contributed by atoms with Crippen LogP contribution in [0.1, 0.15) is 5.56 Å². The minimum Gasteiger partial charge on any atom is -0.323 e. The van der Waals surface area contributed by atoms with E-state index in [9.17, 15) is 4.79 Å². The summed E-state index contributed by atoms with van der Waals surface area (Å²) in [4.78, 5) is 16.7. The topological polar surface area (TPSA) is 67.2 Å². The van der Waals surface area contributed by atoms with Crippen molar-refractivity contribution in [3.05, 3.63) is 48.0 Å². The summed E-state index contributed by atoms with van der Waals surface area (Å²) in [6, 6.07) is 13.6. The van der Waals surface area contributed by atoms with Crippen LogP contribution >= 0.6 is 23.5 Å². The number of fused-ring (bicyclic) bond motifs is 2. The number of carbonyl (C=O) groups is 1. The Kier molecular flexibility index (Phi) is 3.80. The number of aromatic nitrogens is 2. The smallest absolute Gasteiger partial charge is 0.234 e. The van der Waals surface area contributed by atoms with Gasteiger partial charge in [-0.2, -0.15) is 8.75 Å². The number of hydrogen-bond donors (Lipinski definition) is 1. The van der Waals surface area contributed by atoms with Crippen molar-refractivity contribution in [2.24, 2.45) is 4.99 Å². The average molecular weight is 340 g/mol. The number of para-hydroxylation sites is 1. The highest BCUT2D eigenvalue weighted by molar-refractivity contribution is 8.14. The summed E-state index contributed by atoms with van der Waals surface area (Å²) < 4.78 is 8.40. The van der Waals surface area contributed by atoms with Gasteiger partial charge in [0.1, 0.15) is 11.0 Å². The third-order valence-corrected chi connectivity index (χ3v) is 5.03. The van der Waals surface area contributed by atoms with E-state index < -0.39 is 0 Å². The van der Waals surface area contributed by atoms with Crippen LogP contribution in [0.5, 0.6) is 0 Å². The first-order chi connectivity index (χ1) is 11.3. The molecule has 5 nitrogen and oxygen atoms in total. The Balaban J connectivity index is 1.39. The maximum Gasteiger partial charge on any atom is 0.234 e. The molecule has 1 aliphatic heterocycles. The molecular weight excluding hydrogens is 328 g/mol. The van der Waals surface area contributed by atoms with Crippen LogP contribution in [0.25, 0.3) is 11.0 Å². The Morgan fingerprint density at radius 2 is 2.09 bits per heavy atom. The van der Waals surface area contributed by atoms with Crippen molar-refractivity contribution in [1.29, 1.82) is 0 Å². The summed E-state index contributed by atoms with van der Waals surface area (Å²) in [6.07, 6.45) is 0.805. The molecule has 2 heterocycles. The average Bonchev–Trinajstić information content (AvgIpc) is 3.19. The van der Waals surface area contributed by atoms with E-state index in [1.54, 1.807) is 0 Å². The molecule has 1 amide bonds. The first-order valence-electron chi connectivity index (χ1n) is 7.09. The molecule has 3 aromatic rings. The SMILES string of the molecule is O=C(CSC1=Nc2ccccc2C1)Nc1cccc2nsnc12. The molecular formula is C16H12N4OS2. The van der Waals surface area contributed by atoms with Gasteiger partial charge >= 0.3 is 0 Å². The largest absolute Gasteiger partial charge is 0.323 e. The minimum absolute atomic E-state index is 0.0610. The van der Waals surface area contributed by atoms with Crippen LogP contribution in [0.2, 0.25) is 0 Å². The monoisotopic (exact) mass is 340 g/mol. The van der Waals surface area contributed by atoms with Crippen LogP contribution in [-0.4, -0.2) is 25.5 Å². The Morgan fingerprint density at radius 3 is 3.00 bits per heavy atom. The third-order valence-electron chi connectivity index (χ3n) is 3.51. The zero-order chi connectivity index (χ0) is 15.6. The normalized spacial score (nSPS) is 13.0. The van der Waals surface area contributed by atoms with Crippen molar-refractivity contribution < 1.29 is 4.79 Å². The van der Waals surface area contributed by atoms with E-state index in [1.165, 1.54) is 17.3 Å². The predicted molar refractivity (Wildman–Crippen MR) is 95.7 cm³/mol. The van der Waals surface area contributed by atoms with Crippen molar-refractivity contribution >= 4 is 56.8 Å². The van der Waals surface area contributed by atoms with E-state index >= 15 is 0 Å². The maximum absolute atomic E-state index is 12.2. The molecule has 0 saturated carbocycles. The number of amides is 1. The number of hydrogen-bond acceptors (Lipinski definition) is 6. The van der Waals surface area contributed by atoms with Gasteiger partial charge in [0.25, 0.3) is 0 Å². The molecule has 7 heteroatoms. The van der Waals surface area contributed by atoms with Crippen LogP contribution in [0.15, 0.2) is 47.5 Å². The van der Waals surface area contributed by atoms with Crippen molar-refractivity contribution in [2.45, 2.75) is 6.42 Å². The zero-order valence-corrected chi connectivity index (χ0v) is 13.7. The third kappa shape index (κ3) is 2.97. The molecule has 0 unspecified atom stereocenters. The van der Waals surface area contributed by atoms with Gasteiger partial charge in [-0.1, -0.05) is 24.3 Å². The molecule has 0 spiro atoms. The van der Waals surface area contributed by atoms with E-state index in [0.717, 1.165) is 39.9 Å². The first kappa shape index (κ1) is 14.3. The van der Waals surface area contributed by atoms with E-state index in [4.69, 9.17) is 0 Å². The van der Waals surface area contributed by atoms with E-state index in [-0.39, 0.29) is 5.91 Å². The van der Waals surface area contributed by atoms with Gasteiger partial charge < -0.3 is 5.32 Å². The Labute approximate surface area is 141 Å². The van der Waals surface area contributed by atoms with E-state index in [2.05, 4.69) is 25.1 Å². The van der Waals surface area contributed by atoms with Crippen molar-refractivity contribution in [2.75, 3.05) is 11.1 Å². The van der Waals surface area contributed by atoms with Crippen LogP contribution in [-0.2, 0) is 11.2 Å². The molecule has 1 aromatic heterocycles. The lowest BCUT2D eigenvalue weighted by atomic mass is 10.2. The number of benzene rings is 2. The molecule has 0 atom stereocenters. The second-order valence-electron chi connectivity index (χ2n) is 5.09. The van der Waals surface area contributed by atoms with E-state index in [1.807, 2.05) is 36.4 Å². The van der Waals surface area contributed by atoms with Crippen LogP contribution < -0.4 is 5.32 Å². The molecule has 0 saturated heterocycles. The summed E-state index contributed by atoms with van der Waals surface area (Å²) in [5.41, 5.74) is 4.47. The van der Waals surface area contributed by atoms with Crippen molar-refractivity contribution in [3.8, 4) is 0 Å². The molecule has 1 aliphatic rings. The summed E-state index contributed by atoms with van der Waals surface area (Å²) in [5.74, 6) is 0.273. The molecule has 0 aliphatic carbocycles. The Bertz CT molecular complexity index is 919. The molecule has 2 aromatic carbocycles.